The average Bonchev–Trinajstić information content (AvgIpc) is 2.85. The fourth-order valence-electron chi connectivity index (χ4n) is 3.90. The van der Waals surface area contributed by atoms with Crippen molar-refractivity contribution >= 4 is 6.21 Å². The van der Waals surface area contributed by atoms with Crippen molar-refractivity contribution in [2.24, 2.45) is 22.2 Å². The molecule has 0 amide bonds. The molecule has 0 spiro atoms. The van der Waals surface area contributed by atoms with Gasteiger partial charge in [0.15, 0.2) is 12.6 Å². The van der Waals surface area contributed by atoms with Crippen LogP contribution < -0.4 is 17.2 Å². The van der Waals surface area contributed by atoms with E-state index in [9.17, 15) is 40.9 Å². The van der Waals surface area contributed by atoms with Crippen molar-refractivity contribution in [1.29, 1.82) is 0 Å². The predicted molar refractivity (Wildman–Crippen MR) is 117 cm³/mol. The Balaban J connectivity index is 2.18. The van der Waals surface area contributed by atoms with Gasteiger partial charge >= 0.3 is 0 Å². The SMILES string of the molecule is CN=C[C@@H](N)[C@@H](O)[C@H](OC1OC(CO)[C@@H](OC2OC(CO)[C@@H](O)[C@H](O)[C@@H]2N)[C@H](O)[C@@H]1N)C(O)CO. The topological polar surface area (TPSA) is 289 Å². The number of ether oxygens (including phenoxy) is 4. The Kier molecular flexibility index (Phi) is 11.7. The van der Waals surface area contributed by atoms with Gasteiger partial charge in [0.1, 0.15) is 54.9 Å². The van der Waals surface area contributed by atoms with Gasteiger partial charge < -0.3 is 77.0 Å². The van der Waals surface area contributed by atoms with Gasteiger partial charge in [0, 0.05) is 13.3 Å². The van der Waals surface area contributed by atoms with Gasteiger partial charge in [0.05, 0.1) is 37.9 Å². The van der Waals surface area contributed by atoms with Gasteiger partial charge in [0.25, 0.3) is 0 Å². The Morgan fingerprint density at radius 3 is 2.03 bits per heavy atom. The van der Waals surface area contributed by atoms with Crippen LogP contribution in [-0.2, 0) is 18.9 Å². The molecule has 2 heterocycles. The largest absolute Gasteiger partial charge is 0.394 e. The summed E-state index contributed by atoms with van der Waals surface area (Å²) in [6, 6.07) is -3.75. The van der Waals surface area contributed by atoms with E-state index in [0.29, 0.717) is 0 Å². The van der Waals surface area contributed by atoms with Gasteiger partial charge in [-0.1, -0.05) is 0 Å². The number of aliphatic imine (C=N–C) groups is 1. The van der Waals surface area contributed by atoms with Gasteiger partial charge in [-0.25, -0.2) is 0 Å². The van der Waals surface area contributed by atoms with E-state index in [1.54, 1.807) is 0 Å². The van der Waals surface area contributed by atoms with Crippen molar-refractivity contribution in [3.05, 3.63) is 0 Å². The summed E-state index contributed by atoms with van der Waals surface area (Å²) < 4.78 is 22.2. The van der Waals surface area contributed by atoms with Crippen LogP contribution in [0.15, 0.2) is 4.99 Å². The van der Waals surface area contributed by atoms with E-state index in [1.165, 1.54) is 13.3 Å². The highest BCUT2D eigenvalue weighted by atomic mass is 16.7. The molecule has 5 unspecified atom stereocenters. The number of rotatable bonds is 11. The van der Waals surface area contributed by atoms with Gasteiger partial charge in [-0.15, -0.1) is 0 Å². The highest BCUT2D eigenvalue weighted by molar-refractivity contribution is 5.64. The van der Waals surface area contributed by atoms with Crippen LogP contribution in [0, 0.1) is 0 Å². The Labute approximate surface area is 201 Å². The molecule has 0 radical (unpaired) electrons. The second-order valence-electron chi connectivity index (χ2n) is 8.50. The number of nitrogens with two attached hydrogens (primary N) is 3. The number of aliphatic hydroxyl groups excluding tert-OH is 8. The zero-order valence-corrected chi connectivity index (χ0v) is 19.2. The standard InChI is InChI=1S/C19H38N4O12/c1-23-2-6(20)12(28)16(7(27)3-24)34-19-11(22)15(31)17(9(5-26)33-19)35-18-10(21)14(30)13(29)8(4-25)32-18/h2,6-19,24-31H,3-5,20-22H2,1H3/t6-,7?,8?,9?,10+,11+,12-,13-,14-,15-,16-,17-,18?,19?/m1/s1. The summed E-state index contributed by atoms with van der Waals surface area (Å²) in [5.74, 6) is 0. The third-order valence-corrected chi connectivity index (χ3v) is 6.03. The van der Waals surface area contributed by atoms with Gasteiger partial charge in [0.2, 0.25) is 0 Å². The van der Waals surface area contributed by atoms with Crippen molar-refractivity contribution in [1.82, 2.24) is 0 Å². The van der Waals surface area contributed by atoms with Crippen LogP contribution >= 0.6 is 0 Å². The minimum absolute atomic E-state index is 0.658. The summed E-state index contributed by atoms with van der Waals surface area (Å²) in [7, 11) is 1.41. The summed E-state index contributed by atoms with van der Waals surface area (Å²) in [6.45, 7) is -2.19. The molecule has 2 aliphatic heterocycles. The molecule has 16 heteroatoms. The average molecular weight is 515 g/mol. The van der Waals surface area contributed by atoms with Gasteiger partial charge in [-0.05, 0) is 0 Å². The van der Waals surface area contributed by atoms with Crippen molar-refractivity contribution in [3.63, 3.8) is 0 Å². The van der Waals surface area contributed by atoms with Crippen LogP contribution in [0.5, 0.6) is 0 Å². The van der Waals surface area contributed by atoms with E-state index in [-0.39, 0.29) is 0 Å². The lowest BCUT2D eigenvalue weighted by atomic mass is 9.95. The van der Waals surface area contributed by atoms with E-state index in [1.807, 2.05) is 0 Å². The van der Waals surface area contributed by atoms with E-state index in [4.69, 9.17) is 36.1 Å². The molecule has 35 heavy (non-hydrogen) atoms. The lowest BCUT2D eigenvalue weighted by Crippen LogP contribution is -2.68. The van der Waals surface area contributed by atoms with Crippen molar-refractivity contribution < 1.29 is 59.8 Å². The van der Waals surface area contributed by atoms with Crippen LogP contribution in [0.25, 0.3) is 0 Å². The highest BCUT2D eigenvalue weighted by Gasteiger charge is 2.50. The van der Waals surface area contributed by atoms with Crippen LogP contribution in [-0.4, -0.2) is 160 Å². The molecule has 2 rings (SSSR count). The molecule has 0 aromatic carbocycles. The number of hydrogen-bond acceptors (Lipinski definition) is 16. The highest BCUT2D eigenvalue weighted by Crippen LogP contribution is 2.29. The lowest BCUT2D eigenvalue weighted by Gasteiger charge is -2.47. The van der Waals surface area contributed by atoms with E-state index >= 15 is 0 Å². The van der Waals surface area contributed by atoms with Gasteiger partial charge in [-0.3, -0.25) is 4.99 Å². The molecule has 0 aliphatic carbocycles. The molecular formula is C19H38N4O12. The number of hydrogen-bond donors (Lipinski definition) is 11. The molecule has 206 valence electrons. The molecule has 0 aromatic heterocycles. The molecule has 14 N–H and O–H groups in total. The summed E-state index contributed by atoms with van der Waals surface area (Å²) in [6.07, 6.45) is -14.9. The van der Waals surface area contributed by atoms with E-state index < -0.39 is 105 Å². The molecule has 14 atom stereocenters. The van der Waals surface area contributed by atoms with Crippen molar-refractivity contribution in [3.8, 4) is 0 Å². The first kappa shape index (κ1) is 30.3. The van der Waals surface area contributed by atoms with Crippen LogP contribution in [0.1, 0.15) is 0 Å². The molecule has 2 fully saturated rings. The van der Waals surface area contributed by atoms with E-state index in [2.05, 4.69) is 4.99 Å². The zero-order chi connectivity index (χ0) is 26.4. The number of nitrogens with zero attached hydrogens (tertiary/aromatic N) is 1. The third kappa shape index (κ3) is 6.89. The second-order valence-corrected chi connectivity index (χ2v) is 8.50. The molecule has 0 saturated carbocycles. The maximum atomic E-state index is 10.8. The molecule has 2 aliphatic rings. The molecule has 0 aromatic rings. The summed E-state index contributed by atoms with van der Waals surface area (Å²) in [5.41, 5.74) is 17.7. The Morgan fingerprint density at radius 1 is 0.914 bits per heavy atom. The van der Waals surface area contributed by atoms with Crippen molar-refractivity contribution in [2.45, 2.75) is 85.6 Å². The molecule has 0 bridgehead atoms. The Bertz CT molecular complexity index is 661. The predicted octanol–water partition coefficient (Wildman–Crippen LogP) is -7.33. The fourth-order valence-corrected chi connectivity index (χ4v) is 3.90. The zero-order valence-electron chi connectivity index (χ0n) is 19.2. The third-order valence-electron chi connectivity index (χ3n) is 6.03. The first-order valence-electron chi connectivity index (χ1n) is 11.1. The van der Waals surface area contributed by atoms with Gasteiger partial charge in [-0.2, -0.15) is 0 Å². The molecule has 16 nitrogen and oxygen atoms in total. The monoisotopic (exact) mass is 514 g/mol. The first-order chi connectivity index (χ1) is 16.5. The quantitative estimate of drug-likeness (QED) is 0.114. The van der Waals surface area contributed by atoms with E-state index in [0.717, 1.165) is 0 Å². The Morgan fingerprint density at radius 2 is 1.49 bits per heavy atom. The summed E-state index contributed by atoms with van der Waals surface area (Å²) in [5, 5.41) is 80.0. The lowest BCUT2D eigenvalue weighted by molar-refractivity contribution is -0.338. The smallest absolute Gasteiger partial charge is 0.176 e. The normalized spacial score (nSPS) is 42.1. The summed E-state index contributed by atoms with van der Waals surface area (Å²) >= 11 is 0. The minimum Gasteiger partial charge on any atom is -0.394 e. The first-order valence-corrected chi connectivity index (χ1v) is 11.1. The van der Waals surface area contributed by atoms with Crippen LogP contribution in [0.4, 0.5) is 0 Å². The maximum Gasteiger partial charge on any atom is 0.176 e. The number of aliphatic hydroxyl groups is 8. The summed E-state index contributed by atoms with van der Waals surface area (Å²) in [4.78, 5) is 3.69. The minimum atomic E-state index is -1.62. The molecule has 2 saturated heterocycles. The van der Waals surface area contributed by atoms with Crippen molar-refractivity contribution in [2.75, 3.05) is 26.9 Å². The maximum absolute atomic E-state index is 10.8. The van der Waals surface area contributed by atoms with Crippen LogP contribution in [0.3, 0.4) is 0 Å². The Hall–Kier alpha value is -0.930. The fraction of sp³-hybridized carbons (Fsp3) is 0.947. The van der Waals surface area contributed by atoms with Crippen LogP contribution in [0.2, 0.25) is 0 Å². The second kappa shape index (κ2) is 13.6. The molecular weight excluding hydrogens is 476 g/mol.